The Morgan fingerprint density at radius 2 is 1.87 bits per heavy atom. The van der Waals surface area contributed by atoms with Gasteiger partial charge >= 0.3 is 98.5 Å². The Morgan fingerprint density at radius 1 is 1.13 bits per heavy atom. The van der Waals surface area contributed by atoms with E-state index in [2.05, 4.69) is 60.7 Å². The summed E-state index contributed by atoms with van der Waals surface area (Å²) in [7, 11) is 0. The van der Waals surface area contributed by atoms with Gasteiger partial charge in [0, 0.05) is 0 Å². The summed E-state index contributed by atoms with van der Waals surface area (Å²) in [6, 6.07) is 8.31. The predicted molar refractivity (Wildman–Crippen MR) is 66.7 cm³/mol. The van der Waals surface area contributed by atoms with Crippen molar-refractivity contribution in [3.63, 3.8) is 0 Å². The predicted octanol–water partition coefficient (Wildman–Crippen LogP) is 2.84. The molecule has 76 valence electrons. The van der Waals surface area contributed by atoms with Crippen LogP contribution in [0.5, 0.6) is 0 Å². The van der Waals surface area contributed by atoms with Crippen LogP contribution in [-0.2, 0) is 0 Å². The fourth-order valence-corrected chi connectivity index (χ4v) is 1.90. The van der Waals surface area contributed by atoms with E-state index in [4.69, 9.17) is 0 Å². The minimum absolute atomic E-state index is 0.340. The number of benzene rings is 1. The zero-order valence-corrected chi connectivity index (χ0v) is 10.8. The first-order valence-corrected chi connectivity index (χ1v) is 7.05. The van der Waals surface area contributed by atoms with Gasteiger partial charge in [-0.05, 0) is 0 Å². The molecule has 0 heterocycles. The van der Waals surface area contributed by atoms with Crippen molar-refractivity contribution in [1.29, 1.82) is 0 Å². The Morgan fingerprint density at radius 3 is 2.53 bits per heavy atom. The molecule has 0 spiro atoms. The Kier molecular flexibility index (Phi) is 5.72. The molecule has 0 aliphatic carbocycles. The van der Waals surface area contributed by atoms with Gasteiger partial charge in [0.2, 0.25) is 0 Å². The van der Waals surface area contributed by atoms with Crippen molar-refractivity contribution >= 4 is 15.0 Å². The molecule has 15 heavy (non-hydrogen) atoms. The van der Waals surface area contributed by atoms with Gasteiger partial charge in [0.1, 0.15) is 0 Å². The summed E-state index contributed by atoms with van der Waals surface area (Å²) in [6.45, 7) is 4.15. The van der Waals surface area contributed by atoms with Crippen molar-refractivity contribution in [2.45, 2.75) is 25.6 Å². The fraction of sp³-hybridized carbons (Fsp3) is 0.286. The van der Waals surface area contributed by atoms with E-state index in [9.17, 15) is 0 Å². The van der Waals surface area contributed by atoms with Gasteiger partial charge in [-0.25, -0.2) is 0 Å². The number of hydrogen-bond donors (Lipinski definition) is 0. The van der Waals surface area contributed by atoms with E-state index < -0.39 is 0 Å². The van der Waals surface area contributed by atoms with Gasteiger partial charge in [-0.3, -0.25) is 0 Å². The molecule has 0 amide bonds. The maximum atomic E-state index is 3.19. The SMILES string of the molecule is CCC#CC[Se]C#Cc1ccc(C)cc1. The van der Waals surface area contributed by atoms with E-state index in [1.165, 1.54) is 5.56 Å². The van der Waals surface area contributed by atoms with Crippen molar-refractivity contribution in [3.05, 3.63) is 35.4 Å². The summed E-state index contributed by atoms with van der Waals surface area (Å²) in [5.74, 6) is 9.32. The second kappa shape index (κ2) is 7.19. The molecule has 0 fully saturated rings. The summed E-state index contributed by atoms with van der Waals surface area (Å²) in [5.41, 5.74) is 2.38. The standard InChI is InChI=1S/C14H14Se/c1-3-4-5-11-15-12-10-14-8-6-13(2)7-9-14/h6-9H,3,11H2,1-2H3. The van der Waals surface area contributed by atoms with E-state index in [1.54, 1.807) is 0 Å². The van der Waals surface area contributed by atoms with Crippen LogP contribution in [0.15, 0.2) is 24.3 Å². The van der Waals surface area contributed by atoms with E-state index in [0.717, 1.165) is 17.3 Å². The molecule has 0 aromatic heterocycles. The molecule has 1 heteroatoms. The van der Waals surface area contributed by atoms with Crippen molar-refractivity contribution in [1.82, 2.24) is 0 Å². The van der Waals surface area contributed by atoms with E-state index in [-0.39, 0.29) is 0 Å². The van der Waals surface area contributed by atoms with Gasteiger partial charge in [0.15, 0.2) is 0 Å². The molecule has 1 aromatic carbocycles. The van der Waals surface area contributed by atoms with Crippen LogP contribution in [0.2, 0.25) is 5.32 Å². The third-order valence-corrected chi connectivity index (χ3v) is 2.89. The average Bonchev–Trinajstić information content (AvgIpc) is 2.26. The summed E-state index contributed by atoms with van der Waals surface area (Å²) in [5, 5.41) is 0.944. The van der Waals surface area contributed by atoms with E-state index >= 15 is 0 Å². The van der Waals surface area contributed by atoms with Gasteiger partial charge < -0.3 is 0 Å². The molecular formula is C14H14Se. The third-order valence-electron chi connectivity index (χ3n) is 1.77. The van der Waals surface area contributed by atoms with Crippen molar-refractivity contribution in [2.24, 2.45) is 0 Å². The molecular weight excluding hydrogens is 247 g/mol. The molecule has 0 saturated carbocycles. The van der Waals surface area contributed by atoms with Crippen molar-refractivity contribution in [3.8, 4) is 22.6 Å². The fourth-order valence-electron chi connectivity index (χ4n) is 0.980. The first kappa shape index (κ1) is 11.9. The first-order chi connectivity index (χ1) is 7.33. The van der Waals surface area contributed by atoms with Crippen LogP contribution in [0.3, 0.4) is 0 Å². The zero-order valence-electron chi connectivity index (χ0n) is 9.13. The molecule has 0 nitrogen and oxygen atoms in total. The molecule has 0 saturated heterocycles. The number of aryl methyl sites for hydroxylation is 1. The van der Waals surface area contributed by atoms with Gasteiger partial charge in [0.05, 0.1) is 0 Å². The molecule has 1 rings (SSSR count). The molecule has 0 aliphatic heterocycles. The summed E-state index contributed by atoms with van der Waals surface area (Å²) in [4.78, 5) is 3.19. The molecule has 0 atom stereocenters. The van der Waals surface area contributed by atoms with Crippen LogP contribution >= 0.6 is 0 Å². The molecule has 0 N–H and O–H groups in total. The van der Waals surface area contributed by atoms with Crippen LogP contribution in [0, 0.1) is 29.5 Å². The van der Waals surface area contributed by atoms with Crippen LogP contribution in [0.1, 0.15) is 24.5 Å². The Bertz CT molecular complexity index is 407. The van der Waals surface area contributed by atoms with E-state index in [0.29, 0.717) is 15.0 Å². The van der Waals surface area contributed by atoms with Crippen LogP contribution in [-0.4, -0.2) is 15.0 Å². The monoisotopic (exact) mass is 262 g/mol. The van der Waals surface area contributed by atoms with E-state index in [1.807, 2.05) is 0 Å². The van der Waals surface area contributed by atoms with Gasteiger partial charge in [-0.1, -0.05) is 0 Å². The first-order valence-electron chi connectivity index (χ1n) is 4.98. The second-order valence-electron chi connectivity index (χ2n) is 3.09. The molecule has 0 aliphatic rings. The Balaban J connectivity index is 2.41. The van der Waals surface area contributed by atoms with Crippen molar-refractivity contribution in [2.75, 3.05) is 0 Å². The summed E-state index contributed by atoms with van der Waals surface area (Å²) < 4.78 is 0. The normalized spacial score (nSPS) is 8.40. The van der Waals surface area contributed by atoms with Crippen LogP contribution < -0.4 is 0 Å². The Hall–Kier alpha value is -1.14. The molecule has 0 bridgehead atoms. The summed E-state index contributed by atoms with van der Waals surface area (Å²) >= 11 is 0.340. The van der Waals surface area contributed by atoms with Gasteiger partial charge in [-0.15, -0.1) is 0 Å². The third kappa shape index (κ3) is 5.34. The second-order valence-corrected chi connectivity index (χ2v) is 4.73. The van der Waals surface area contributed by atoms with Crippen LogP contribution in [0.25, 0.3) is 0 Å². The molecule has 0 radical (unpaired) electrons. The molecule has 0 unspecified atom stereocenters. The van der Waals surface area contributed by atoms with Gasteiger partial charge in [-0.2, -0.15) is 0 Å². The maximum absolute atomic E-state index is 3.19. The molecule has 1 aromatic rings. The zero-order chi connectivity index (χ0) is 10.9. The Labute approximate surface area is 98.6 Å². The topological polar surface area (TPSA) is 0 Å². The summed E-state index contributed by atoms with van der Waals surface area (Å²) in [6.07, 6.45) is 0.946. The quantitative estimate of drug-likeness (QED) is 0.414. The van der Waals surface area contributed by atoms with Crippen molar-refractivity contribution < 1.29 is 0 Å². The number of hydrogen-bond acceptors (Lipinski definition) is 0. The van der Waals surface area contributed by atoms with Crippen LogP contribution in [0.4, 0.5) is 0 Å². The average molecular weight is 261 g/mol. The number of rotatable bonds is 1. The van der Waals surface area contributed by atoms with Gasteiger partial charge in [0.25, 0.3) is 0 Å². The minimum atomic E-state index is 0.340.